The SMILES string of the molecule is CCOC(=O)N1CCc2c(sc(NC(=O)Cc3ccc(C(C)C)cc3)c2C#N)C1. The molecule has 2 aromatic rings. The van der Waals surface area contributed by atoms with Gasteiger partial charge < -0.3 is 15.0 Å². The van der Waals surface area contributed by atoms with E-state index in [4.69, 9.17) is 4.74 Å². The van der Waals surface area contributed by atoms with Crippen LogP contribution in [0.5, 0.6) is 0 Å². The molecule has 0 bridgehead atoms. The number of nitriles is 1. The molecule has 6 nitrogen and oxygen atoms in total. The van der Waals surface area contributed by atoms with Gasteiger partial charge in [-0.2, -0.15) is 5.26 Å². The van der Waals surface area contributed by atoms with Crippen molar-refractivity contribution in [1.29, 1.82) is 5.26 Å². The minimum Gasteiger partial charge on any atom is -0.450 e. The number of benzene rings is 1. The number of carbonyl (C=O) groups is 2. The molecule has 152 valence electrons. The first kappa shape index (κ1) is 20.9. The van der Waals surface area contributed by atoms with Crippen molar-refractivity contribution in [2.24, 2.45) is 0 Å². The van der Waals surface area contributed by atoms with Crippen LogP contribution in [-0.2, 0) is 28.9 Å². The summed E-state index contributed by atoms with van der Waals surface area (Å²) >= 11 is 1.37. The molecule has 0 radical (unpaired) electrons. The van der Waals surface area contributed by atoms with E-state index in [9.17, 15) is 14.9 Å². The number of rotatable bonds is 5. The summed E-state index contributed by atoms with van der Waals surface area (Å²) in [5, 5.41) is 13.1. The van der Waals surface area contributed by atoms with Crippen molar-refractivity contribution in [2.45, 2.75) is 46.1 Å². The molecule has 1 aliphatic rings. The first-order chi connectivity index (χ1) is 13.9. The summed E-state index contributed by atoms with van der Waals surface area (Å²) in [4.78, 5) is 27.1. The van der Waals surface area contributed by atoms with E-state index in [0.717, 1.165) is 16.0 Å². The van der Waals surface area contributed by atoms with Crippen LogP contribution >= 0.6 is 11.3 Å². The quantitative estimate of drug-likeness (QED) is 0.788. The molecule has 1 aromatic carbocycles. The van der Waals surface area contributed by atoms with Crippen molar-refractivity contribution < 1.29 is 14.3 Å². The summed E-state index contributed by atoms with van der Waals surface area (Å²) in [5.74, 6) is 0.294. The van der Waals surface area contributed by atoms with E-state index in [1.54, 1.807) is 11.8 Å². The number of carbonyl (C=O) groups excluding carboxylic acids is 2. The molecule has 1 aliphatic heterocycles. The molecule has 29 heavy (non-hydrogen) atoms. The fourth-order valence-corrected chi connectivity index (χ4v) is 4.59. The summed E-state index contributed by atoms with van der Waals surface area (Å²) in [6.07, 6.45) is 0.487. The minimum absolute atomic E-state index is 0.153. The smallest absolute Gasteiger partial charge is 0.410 e. The summed E-state index contributed by atoms with van der Waals surface area (Å²) in [7, 11) is 0. The van der Waals surface area contributed by atoms with Gasteiger partial charge in [0.25, 0.3) is 0 Å². The fourth-order valence-electron chi connectivity index (χ4n) is 3.36. The maximum absolute atomic E-state index is 12.5. The van der Waals surface area contributed by atoms with Crippen LogP contribution < -0.4 is 5.32 Å². The van der Waals surface area contributed by atoms with Crippen LogP contribution in [-0.4, -0.2) is 30.1 Å². The highest BCUT2D eigenvalue weighted by Gasteiger charge is 2.28. The maximum atomic E-state index is 12.5. The lowest BCUT2D eigenvalue weighted by molar-refractivity contribution is -0.115. The summed E-state index contributed by atoms with van der Waals surface area (Å²) in [6, 6.07) is 10.2. The monoisotopic (exact) mass is 411 g/mol. The van der Waals surface area contributed by atoms with Crippen molar-refractivity contribution in [3.05, 3.63) is 51.4 Å². The molecule has 0 aliphatic carbocycles. The second-order valence-electron chi connectivity index (χ2n) is 7.31. The van der Waals surface area contributed by atoms with E-state index >= 15 is 0 Å². The average molecular weight is 412 g/mol. The molecule has 0 saturated carbocycles. The van der Waals surface area contributed by atoms with Crippen LogP contribution in [0.2, 0.25) is 0 Å². The lowest BCUT2D eigenvalue weighted by atomic mass is 10.0. The van der Waals surface area contributed by atoms with Crippen LogP contribution in [0, 0.1) is 11.3 Å². The lowest BCUT2D eigenvalue weighted by Crippen LogP contribution is -2.35. The number of ether oxygens (including phenoxy) is 1. The molecule has 0 fully saturated rings. The van der Waals surface area contributed by atoms with E-state index < -0.39 is 0 Å². The fraction of sp³-hybridized carbons (Fsp3) is 0.409. The predicted octanol–water partition coefficient (Wildman–Crippen LogP) is 4.44. The average Bonchev–Trinajstić information content (AvgIpc) is 3.04. The highest BCUT2D eigenvalue weighted by Crippen LogP contribution is 2.36. The van der Waals surface area contributed by atoms with Gasteiger partial charge in [-0.1, -0.05) is 38.1 Å². The summed E-state index contributed by atoms with van der Waals surface area (Å²) < 4.78 is 5.07. The molecule has 2 heterocycles. The molecule has 0 atom stereocenters. The van der Waals surface area contributed by atoms with E-state index in [1.807, 2.05) is 24.3 Å². The number of thiophene rings is 1. The summed E-state index contributed by atoms with van der Waals surface area (Å²) in [5.41, 5.74) is 3.60. The number of nitrogens with zero attached hydrogens (tertiary/aromatic N) is 2. The Morgan fingerprint density at radius 2 is 2.03 bits per heavy atom. The molecule has 3 rings (SSSR count). The molecule has 0 saturated heterocycles. The predicted molar refractivity (Wildman–Crippen MR) is 113 cm³/mol. The topological polar surface area (TPSA) is 82.4 Å². The molecule has 1 N–H and O–H groups in total. The van der Waals surface area contributed by atoms with Crippen molar-refractivity contribution in [3.8, 4) is 6.07 Å². The van der Waals surface area contributed by atoms with Gasteiger partial charge in [-0.3, -0.25) is 4.79 Å². The first-order valence-electron chi connectivity index (χ1n) is 9.78. The Bertz CT molecular complexity index is 941. The Morgan fingerprint density at radius 3 is 2.66 bits per heavy atom. The number of anilines is 1. The van der Waals surface area contributed by atoms with Crippen LogP contribution in [0.15, 0.2) is 24.3 Å². The molecule has 1 aromatic heterocycles. The number of amides is 2. The van der Waals surface area contributed by atoms with Gasteiger partial charge in [-0.25, -0.2) is 4.79 Å². The summed E-state index contributed by atoms with van der Waals surface area (Å²) in [6.45, 7) is 7.28. The molecule has 0 spiro atoms. The maximum Gasteiger partial charge on any atom is 0.410 e. The highest BCUT2D eigenvalue weighted by atomic mass is 32.1. The molecule has 2 amide bonds. The van der Waals surface area contributed by atoms with Crippen LogP contribution in [0.25, 0.3) is 0 Å². The van der Waals surface area contributed by atoms with Crippen molar-refractivity contribution >= 4 is 28.3 Å². The Hall–Kier alpha value is -2.85. The largest absolute Gasteiger partial charge is 0.450 e. The van der Waals surface area contributed by atoms with Crippen molar-refractivity contribution in [1.82, 2.24) is 4.90 Å². The zero-order valence-electron chi connectivity index (χ0n) is 16.9. The third kappa shape index (κ3) is 4.77. The van der Waals surface area contributed by atoms with Gasteiger partial charge >= 0.3 is 6.09 Å². The van der Waals surface area contributed by atoms with Crippen molar-refractivity contribution in [3.63, 3.8) is 0 Å². The molecule has 7 heteroatoms. The van der Waals surface area contributed by atoms with Gasteiger partial charge in [-0.05, 0) is 36.0 Å². The second kappa shape index (κ2) is 9.10. The third-order valence-electron chi connectivity index (χ3n) is 4.96. The Balaban J connectivity index is 1.70. The highest BCUT2D eigenvalue weighted by molar-refractivity contribution is 7.16. The van der Waals surface area contributed by atoms with E-state index in [-0.39, 0.29) is 18.4 Å². The normalized spacial score (nSPS) is 13.0. The van der Waals surface area contributed by atoms with Crippen LogP contribution in [0.4, 0.5) is 9.80 Å². The Labute approximate surface area is 175 Å². The molecular formula is C22H25N3O3S. The minimum atomic E-state index is -0.347. The van der Waals surface area contributed by atoms with Crippen LogP contribution in [0.3, 0.4) is 0 Å². The lowest BCUT2D eigenvalue weighted by Gasteiger charge is -2.25. The van der Waals surface area contributed by atoms with Gasteiger partial charge in [0.05, 0.1) is 25.1 Å². The Morgan fingerprint density at radius 1 is 1.31 bits per heavy atom. The zero-order valence-corrected chi connectivity index (χ0v) is 17.8. The van der Waals surface area contributed by atoms with Crippen molar-refractivity contribution in [2.75, 3.05) is 18.5 Å². The third-order valence-corrected chi connectivity index (χ3v) is 6.09. The molecular weight excluding hydrogens is 386 g/mol. The number of hydrogen-bond donors (Lipinski definition) is 1. The van der Waals surface area contributed by atoms with Gasteiger partial charge in [0.15, 0.2) is 0 Å². The Kier molecular flexibility index (Phi) is 6.55. The van der Waals surface area contributed by atoms with Gasteiger partial charge in [0.1, 0.15) is 11.1 Å². The van der Waals surface area contributed by atoms with E-state index in [0.29, 0.717) is 42.6 Å². The second-order valence-corrected chi connectivity index (χ2v) is 8.42. The van der Waals surface area contributed by atoms with Gasteiger partial charge in [-0.15, -0.1) is 11.3 Å². The van der Waals surface area contributed by atoms with Crippen LogP contribution in [0.1, 0.15) is 53.8 Å². The first-order valence-corrected chi connectivity index (χ1v) is 10.6. The van der Waals surface area contributed by atoms with Gasteiger partial charge in [0.2, 0.25) is 5.91 Å². The van der Waals surface area contributed by atoms with Gasteiger partial charge in [0, 0.05) is 11.4 Å². The number of hydrogen-bond acceptors (Lipinski definition) is 5. The van der Waals surface area contributed by atoms with E-state index in [2.05, 4.69) is 25.2 Å². The number of nitrogens with one attached hydrogen (secondary N) is 1. The standard InChI is InChI=1S/C22H25N3O3S/c1-4-28-22(27)25-10-9-17-18(12-23)21(29-19(17)13-25)24-20(26)11-15-5-7-16(8-6-15)14(2)3/h5-8,14H,4,9-11,13H2,1-3H3,(H,24,26). The zero-order chi connectivity index (χ0) is 21.0. The number of fused-ring (bicyclic) bond motifs is 1. The van der Waals surface area contributed by atoms with E-state index in [1.165, 1.54) is 16.9 Å². The molecule has 0 unspecified atom stereocenters.